The number of carbonyl (C=O) groups excluding carboxylic acids is 1. The number of hydrogen-bond donors (Lipinski definition) is 1. The number of anilines is 1. The predicted molar refractivity (Wildman–Crippen MR) is 59.4 cm³/mol. The molecular formula is C12H10F3NO2. The molecule has 0 aliphatic carbocycles. The number of nitrogen functional groups attached to an aromatic ring is 1. The summed E-state index contributed by atoms with van der Waals surface area (Å²) in [5.41, 5.74) is 3.89. The molecule has 0 aliphatic heterocycles. The lowest BCUT2D eigenvalue weighted by atomic mass is 10.1. The van der Waals surface area contributed by atoms with E-state index in [4.69, 9.17) is 5.73 Å². The van der Waals surface area contributed by atoms with Crippen molar-refractivity contribution in [3.63, 3.8) is 0 Å². The fourth-order valence-electron chi connectivity index (χ4n) is 1.23. The molecule has 2 N–H and O–H groups in total. The molecule has 0 radical (unpaired) electrons. The van der Waals surface area contributed by atoms with Crippen molar-refractivity contribution < 1.29 is 22.7 Å². The van der Waals surface area contributed by atoms with Crippen molar-refractivity contribution in [2.24, 2.45) is 0 Å². The van der Waals surface area contributed by atoms with E-state index in [1.54, 1.807) is 6.92 Å². The van der Waals surface area contributed by atoms with Crippen molar-refractivity contribution in [2.75, 3.05) is 12.3 Å². The molecule has 0 heterocycles. The summed E-state index contributed by atoms with van der Waals surface area (Å²) in [7, 11) is 0. The Bertz CT molecular complexity index is 512. The van der Waals surface area contributed by atoms with E-state index >= 15 is 0 Å². The second kappa shape index (κ2) is 5.45. The minimum Gasteiger partial charge on any atom is -0.456 e. The average Bonchev–Trinajstić information content (AvgIpc) is 2.26. The predicted octanol–water partition coefficient (Wildman–Crippen LogP) is 2.20. The largest absolute Gasteiger partial charge is 0.456 e. The molecule has 0 amide bonds. The van der Waals surface area contributed by atoms with Crippen LogP contribution < -0.4 is 5.73 Å². The number of alkyl halides is 3. The molecule has 18 heavy (non-hydrogen) atoms. The van der Waals surface area contributed by atoms with E-state index in [1.165, 1.54) is 12.1 Å². The van der Waals surface area contributed by atoms with Crippen LogP contribution in [0.15, 0.2) is 18.2 Å². The van der Waals surface area contributed by atoms with Crippen molar-refractivity contribution in [1.29, 1.82) is 0 Å². The first kappa shape index (κ1) is 13.9. The number of ether oxygens (including phenoxy) is 1. The third-order valence-electron chi connectivity index (χ3n) is 1.97. The van der Waals surface area contributed by atoms with Gasteiger partial charge in [-0.05, 0) is 19.1 Å². The third-order valence-corrected chi connectivity index (χ3v) is 1.97. The van der Waals surface area contributed by atoms with Crippen LogP contribution >= 0.6 is 0 Å². The first-order chi connectivity index (χ1) is 8.36. The highest BCUT2D eigenvalue weighted by Gasteiger charge is 2.33. The van der Waals surface area contributed by atoms with Crippen molar-refractivity contribution >= 4 is 11.7 Å². The van der Waals surface area contributed by atoms with Gasteiger partial charge in [-0.15, -0.1) is 0 Å². The van der Waals surface area contributed by atoms with Gasteiger partial charge in [0.1, 0.15) is 0 Å². The lowest BCUT2D eigenvalue weighted by Crippen LogP contribution is -2.09. The molecule has 1 rings (SSSR count). The van der Waals surface area contributed by atoms with Crippen LogP contribution in [-0.4, -0.2) is 12.6 Å². The average molecular weight is 257 g/mol. The van der Waals surface area contributed by atoms with Gasteiger partial charge < -0.3 is 10.5 Å². The molecule has 0 unspecified atom stereocenters. The summed E-state index contributed by atoms with van der Waals surface area (Å²) in [4.78, 5) is 11.0. The summed E-state index contributed by atoms with van der Waals surface area (Å²) in [6, 6.07) is 3.31. The number of hydrogen-bond acceptors (Lipinski definition) is 3. The Morgan fingerprint density at radius 2 is 2.11 bits per heavy atom. The minimum atomic E-state index is -4.58. The second-order valence-electron chi connectivity index (χ2n) is 3.24. The van der Waals surface area contributed by atoms with Crippen LogP contribution in [0.2, 0.25) is 0 Å². The quantitative estimate of drug-likeness (QED) is 0.476. The summed E-state index contributed by atoms with van der Waals surface area (Å²) in [6.45, 7) is 1.67. The minimum absolute atomic E-state index is 0.101. The highest BCUT2D eigenvalue weighted by atomic mass is 19.4. The van der Waals surface area contributed by atoms with Crippen LogP contribution in [0, 0.1) is 11.8 Å². The molecule has 1 aromatic carbocycles. The molecule has 3 nitrogen and oxygen atoms in total. The Kier molecular flexibility index (Phi) is 4.21. The lowest BCUT2D eigenvalue weighted by Gasteiger charge is -2.10. The number of rotatable bonds is 1. The summed E-state index contributed by atoms with van der Waals surface area (Å²) in [6.07, 6.45) is -4.58. The number of esters is 1. The molecule has 6 heteroatoms. The van der Waals surface area contributed by atoms with E-state index in [1.807, 2.05) is 5.92 Å². The number of nitrogens with two attached hydrogens (primary N) is 1. The topological polar surface area (TPSA) is 52.3 Å². The van der Waals surface area contributed by atoms with E-state index in [2.05, 4.69) is 10.7 Å². The molecule has 0 saturated carbocycles. The molecule has 0 fully saturated rings. The van der Waals surface area contributed by atoms with Crippen LogP contribution in [-0.2, 0) is 15.7 Å². The normalized spacial score (nSPS) is 10.4. The molecule has 0 aromatic heterocycles. The van der Waals surface area contributed by atoms with Gasteiger partial charge >= 0.3 is 12.1 Å². The maximum Gasteiger partial charge on any atom is 0.417 e. The smallest absolute Gasteiger partial charge is 0.417 e. The SMILES string of the molecule is CCOC(=O)C#Cc1c(N)cccc1C(F)(F)F. The fourth-order valence-corrected chi connectivity index (χ4v) is 1.23. The van der Waals surface area contributed by atoms with Crippen molar-refractivity contribution in [1.82, 2.24) is 0 Å². The molecule has 1 aromatic rings. The van der Waals surface area contributed by atoms with Crippen LogP contribution in [0.1, 0.15) is 18.1 Å². The molecule has 0 bridgehead atoms. The first-order valence-corrected chi connectivity index (χ1v) is 5.00. The molecule has 0 aliphatic rings. The van der Waals surface area contributed by atoms with E-state index in [-0.39, 0.29) is 12.3 Å². The molecular weight excluding hydrogens is 247 g/mol. The highest BCUT2D eigenvalue weighted by molar-refractivity contribution is 5.89. The van der Waals surface area contributed by atoms with E-state index in [0.717, 1.165) is 6.07 Å². The Morgan fingerprint density at radius 1 is 1.44 bits per heavy atom. The standard InChI is InChI=1S/C12H10F3NO2/c1-2-18-11(17)7-6-8-9(12(13,14)15)4-3-5-10(8)16/h3-5H,2,16H2,1H3. The second-order valence-corrected chi connectivity index (χ2v) is 3.24. The molecule has 0 spiro atoms. The lowest BCUT2D eigenvalue weighted by molar-refractivity contribution is -0.138. The zero-order valence-corrected chi connectivity index (χ0v) is 9.47. The van der Waals surface area contributed by atoms with Crippen LogP contribution in [0.3, 0.4) is 0 Å². The Balaban J connectivity index is 3.19. The maximum absolute atomic E-state index is 12.7. The van der Waals surface area contributed by atoms with Gasteiger partial charge in [0.05, 0.1) is 17.7 Å². The Labute approximate surface area is 102 Å². The van der Waals surface area contributed by atoms with Crippen molar-refractivity contribution in [2.45, 2.75) is 13.1 Å². The van der Waals surface area contributed by atoms with E-state index < -0.39 is 23.3 Å². The zero-order valence-electron chi connectivity index (χ0n) is 9.47. The number of halogens is 3. The highest BCUT2D eigenvalue weighted by Crippen LogP contribution is 2.33. The van der Waals surface area contributed by atoms with Gasteiger partial charge in [-0.2, -0.15) is 13.2 Å². The summed E-state index contributed by atoms with van der Waals surface area (Å²) in [5.74, 6) is 3.17. The monoisotopic (exact) mass is 257 g/mol. The maximum atomic E-state index is 12.7. The zero-order chi connectivity index (χ0) is 13.8. The van der Waals surface area contributed by atoms with Gasteiger partial charge in [0.2, 0.25) is 0 Å². The van der Waals surface area contributed by atoms with Crippen molar-refractivity contribution in [3.8, 4) is 11.8 Å². The first-order valence-electron chi connectivity index (χ1n) is 5.00. The van der Waals surface area contributed by atoms with Gasteiger partial charge in [-0.1, -0.05) is 12.0 Å². The van der Waals surface area contributed by atoms with Gasteiger partial charge in [0.15, 0.2) is 0 Å². The van der Waals surface area contributed by atoms with E-state index in [0.29, 0.717) is 0 Å². The van der Waals surface area contributed by atoms with Gasteiger partial charge in [0, 0.05) is 11.6 Å². The Hall–Kier alpha value is -2.16. The van der Waals surface area contributed by atoms with Crippen molar-refractivity contribution in [3.05, 3.63) is 29.3 Å². The number of carbonyl (C=O) groups is 1. The summed E-state index contributed by atoms with van der Waals surface area (Å²) in [5, 5.41) is 0. The number of benzene rings is 1. The Morgan fingerprint density at radius 3 is 2.67 bits per heavy atom. The van der Waals surface area contributed by atoms with Gasteiger partial charge in [-0.3, -0.25) is 0 Å². The fraction of sp³-hybridized carbons (Fsp3) is 0.250. The molecule has 0 saturated heterocycles. The molecule has 0 atom stereocenters. The summed E-state index contributed by atoms with van der Waals surface area (Å²) < 4.78 is 42.5. The van der Waals surface area contributed by atoms with E-state index in [9.17, 15) is 18.0 Å². The van der Waals surface area contributed by atoms with Gasteiger partial charge in [0.25, 0.3) is 0 Å². The summed E-state index contributed by atoms with van der Waals surface area (Å²) >= 11 is 0. The third kappa shape index (κ3) is 3.42. The molecule has 96 valence electrons. The van der Waals surface area contributed by atoms with Crippen LogP contribution in [0.5, 0.6) is 0 Å². The van der Waals surface area contributed by atoms with Gasteiger partial charge in [-0.25, -0.2) is 4.79 Å². The van der Waals surface area contributed by atoms with Crippen LogP contribution in [0.25, 0.3) is 0 Å². The van der Waals surface area contributed by atoms with Crippen LogP contribution in [0.4, 0.5) is 18.9 Å².